The Morgan fingerprint density at radius 2 is 2.24 bits per heavy atom. The highest BCUT2D eigenvalue weighted by atomic mass is 35.5. The second-order valence-corrected chi connectivity index (χ2v) is 4.66. The minimum Gasteiger partial charge on any atom is -0.496 e. The van der Waals surface area contributed by atoms with E-state index < -0.39 is 0 Å². The third-order valence-electron chi connectivity index (χ3n) is 2.72. The molecule has 1 aromatic carbocycles. The standard InChI is InChI=1S/C13H15Cl2NO/c1-2-16-13(11-7-4-8-17-11)9-5-3-6-10(14)12(9)15/h3,5-7,13,16H,2,4,8H2,1H3. The number of nitrogens with one attached hydrogen (secondary N) is 1. The molecule has 1 aromatic rings. The second kappa shape index (κ2) is 5.76. The van der Waals surface area contributed by atoms with Gasteiger partial charge in [0.15, 0.2) is 0 Å². The maximum absolute atomic E-state index is 6.25. The highest BCUT2D eigenvalue weighted by molar-refractivity contribution is 6.42. The smallest absolute Gasteiger partial charge is 0.114 e. The normalized spacial score (nSPS) is 16.5. The van der Waals surface area contributed by atoms with Gasteiger partial charge in [-0.25, -0.2) is 0 Å². The fourth-order valence-electron chi connectivity index (χ4n) is 1.95. The zero-order chi connectivity index (χ0) is 12.3. The van der Waals surface area contributed by atoms with Gasteiger partial charge in [-0.1, -0.05) is 42.3 Å². The van der Waals surface area contributed by atoms with Gasteiger partial charge in [0, 0.05) is 6.42 Å². The maximum Gasteiger partial charge on any atom is 0.114 e. The number of ether oxygens (including phenoxy) is 1. The summed E-state index contributed by atoms with van der Waals surface area (Å²) in [5.41, 5.74) is 0.967. The number of hydrogen-bond donors (Lipinski definition) is 1. The Morgan fingerprint density at radius 1 is 1.41 bits per heavy atom. The van der Waals surface area contributed by atoms with Crippen LogP contribution in [0.4, 0.5) is 0 Å². The minimum absolute atomic E-state index is 0.00583. The summed E-state index contributed by atoms with van der Waals surface area (Å²) < 4.78 is 5.61. The minimum atomic E-state index is -0.00583. The Kier molecular flexibility index (Phi) is 4.32. The molecule has 0 bridgehead atoms. The maximum atomic E-state index is 6.25. The average molecular weight is 272 g/mol. The average Bonchev–Trinajstić information content (AvgIpc) is 2.84. The lowest BCUT2D eigenvalue weighted by Gasteiger charge is -2.21. The van der Waals surface area contributed by atoms with Gasteiger partial charge in [-0.2, -0.15) is 0 Å². The van der Waals surface area contributed by atoms with Crippen LogP contribution in [0.15, 0.2) is 30.0 Å². The predicted molar refractivity (Wildman–Crippen MR) is 71.5 cm³/mol. The van der Waals surface area contributed by atoms with E-state index in [0.29, 0.717) is 10.0 Å². The molecule has 1 aliphatic heterocycles. The van der Waals surface area contributed by atoms with Gasteiger partial charge in [0.1, 0.15) is 5.76 Å². The van der Waals surface area contributed by atoms with Crippen LogP contribution in [0, 0.1) is 0 Å². The summed E-state index contributed by atoms with van der Waals surface area (Å²) in [6.45, 7) is 3.64. The molecule has 2 rings (SSSR count). The molecule has 0 spiro atoms. The van der Waals surface area contributed by atoms with Crippen LogP contribution >= 0.6 is 23.2 Å². The van der Waals surface area contributed by atoms with Crippen molar-refractivity contribution in [3.63, 3.8) is 0 Å². The van der Waals surface area contributed by atoms with Crippen molar-refractivity contribution in [3.8, 4) is 0 Å². The summed E-state index contributed by atoms with van der Waals surface area (Å²) in [6, 6.07) is 5.67. The van der Waals surface area contributed by atoms with Gasteiger partial charge < -0.3 is 10.1 Å². The Morgan fingerprint density at radius 3 is 2.88 bits per heavy atom. The van der Waals surface area contributed by atoms with Crippen LogP contribution < -0.4 is 5.32 Å². The summed E-state index contributed by atoms with van der Waals surface area (Å²) >= 11 is 12.3. The van der Waals surface area contributed by atoms with Crippen LogP contribution in [0.1, 0.15) is 24.9 Å². The molecule has 0 saturated heterocycles. The molecule has 0 saturated carbocycles. The van der Waals surface area contributed by atoms with Gasteiger partial charge in [0.25, 0.3) is 0 Å². The van der Waals surface area contributed by atoms with E-state index in [0.717, 1.165) is 30.9 Å². The van der Waals surface area contributed by atoms with Crippen LogP contribution in [0.5, 0.6) is 0 Å². The van der Waals surface area contributed by atoms with Crippen LogP contribution in [0.25, 0.3) is 0 Å². The monoisotopic (exact) mass is 271 g/mol. The third-order valence-corrected chi connectivity index (χ3v) is 3.55. The molecular weight excluding hydrogens is 257 g/mol. The van der Waals surface area contributed by atoms with E-state index in [2.05, 4.69) is 18.3 Å². The Labute approximate surface area is 112 Å². The molecule has 4 heteroatoms. The Hall–Kier alpha value is -0.700. The first-order chi connectivity index (χ1) is 8.24. The molecule has 0 amide bonds. The van der Waals surface area contributed by atoms with Gasteiger partial charge in [-0.05, 0) is 24.3 Å². The summed E-state index contributed by atoms with van der Waals surface area (Å²) in [4.78, 5) is 0. The van der Waals surface area contributed by atoms with Crippen molar-refractivity contribution in [1.82, 2.24) is 5.32 Å². The van der Waals surface area contributed by atoms with Gasteiger partial charge in [-0.15, -0.1) is 0 Å². The van der Waals surface area contributed by atoms with E-state index in [1.54, 1.807) is 6.07 Å². The highest BCUT2D eigenvalue weighted by Crippen LogP contribution is 2.34. The summed E-state index contributed by atoms with van der Waals surface area (Å²) in [5, 5.41) is 4.54. The largest absolute Gasteiger partial charge is 0.496 e. The van der Waals surface area contributed by atoms with Gasteiger partial charge in [0.2, 0.25) is 0 Å². The lowest BCUT2D eigenvalue weighted by atomic mass is 10.0. The number of hydrogen-bond acceptors (Lipinski definition) is 2. The van der Waals surface area contributed by atoms with Crippen LogP contribution in [0.2, 0.25) is 10.0 Å². The van der Waals surface area contributed by atoms with Crippen molar-refractivity contribution in [2.75, 3.05) is 13.2 Å². The Balaban J connectivity index is 2.35. The molecule has 1 atom stereocenters. The summed E-state index contributed by atoms with van der Waals surface area (Å²) in [7, 11) is 0. The van der Waals surface area contributed by atoms with Gasteiger partial charge in [0.05, 0.1) is 22.7 Å². The van der Waals surface area contributed by atoms with Gasteiger partial charge in [-0.3, -0.25) is 0 Å². The molecule has 1 unspecified atom stereocenters. The van der Waals surface area contributed by atoms with E-state index in [4.69, 9.17) is 27.9 Å². The highest BCUT2D eigenvalue weighted by Gasteiger charge is 2.22. The molecule has 0 aromatic heterocycles. The first-order valence-corrected chi connectivity index (χ1v) is 6.49. The molecule has 92 valence electrons. The molecular formula is C13H15Cl2NO. The van der Waals surface area contributed by atoms with E-state index in [1.807, 2.05) is 12.1 Å². The van der Waals surface area contributed by atoms with Gasteiger partial charge >= 0.3 is 0 Å². The number of halogens is 2. The fourth-order valence-corrected chi connectivity index (χ4v) is 2.37. The summed E-state index contributed by atoms with van der Waals surface area (Å²) in [6.07, 6.45) is 3.06. The molecule has 17 heavy (non-hydrogen) atoms. The number of rotatable bonds is 4. The Bertz CT molecular complexity index is 431. The molecule has 0 radical (unpaired) electrons. The van der Waals surface area contributed by atoms with Crippen molar-refractivity contribution in [2.24, 2.45) is 0 Å². The van der Waals surface area contributed by atoms with E-state index in [9.17, 15) is 0 Å². The zero-order valence-electron chi connectivity index (χ0n) is 9.67. The molecule has 0 fully saturated rings. The van der Waals surface area contributed by atoms with Crippen molar-refractivity contribution in [3.05, 3.63) is 45.6 Å². The van der Waals surface area contributed by atoms with E-state index in [-0.39, 0.29) is 6.04 Å². The lowest BCUT2D eigenvalue weighted by Crippen LogP contribution is -2.23. The van der Waals surface area contributed by atoms with Crippen LogP contribution in [-0.2, 0) is 4.74 Å². The molecule has 0 aliphatic carbocycles. The fraction of sp³-hybridized carbons (Fsp3) is 0.385. The lowest BCUT2D eigenvalue weighted by molar-refractivity contribution is 0.216. The van der Waals surface area contributed by atoms with Crippen LogP contribution in [-0.4, -0.2) is 13.2 Å². The first-order valence-electron chi connectivity index (χ1n) is 5.74. The van der Waals surface area contributed by atoms with E-state index >= 15 is 0 Å². The number of benzene rings is 1. The topological polar surface area (TPSA) is 21.3 Å². The SMILES string of the molecule is CCNC(C1=CCCO1)c1cccc(Cl)c1Cl. The second-order valence-electron chi connectivity index (χ2n) is 3.88. The molecule has 1 heterocycles. The van der Waals surface area contributed by atoms with Crippen molar-refractivity contribution in [1.29, 1.82) is 0 Å². The number of likely N-dealkylation sites (N-methyl/N-ethyl adjacent to an activating group) is 1. The summed E-state index contributed by atoms with van der Waals surface area (Å²) in [5.74, 6) is 0.941. The van der Waals surface area contributed by atoms with E-state index in [1.165, 1.54) is 0 Å². The molecule has 1 aliphatic rings. The molecule has 1 N–H and O–H groups in total. The van der Waals surface area contributed by atoms with Crippen molar-refractivity contribution in [2.45, 2.75) is 19.4 Å². The van der Waals surface area contributed by atoms with Crippen LogP contribution in [0.3, 0.4) is 0 Å². The van der Waals surface area contributed by atoms with Crippen molar-refractivity contribution < 1.29 is 4.74 Å². The molecule has 2 nitrogen and oxygen atoms in total. The quantitative estimate of drug-likeness (QED) is 0.896. The third kappa shape index (κ3) is 2.76. The first kappa shape index (κ1) is 12.7. The van der Waals surface area contributed by atoms with Crippen molar-refractivity contribution >= 4 is 23.2 Å². The zero-order valence-corrected chi connectivity index (χ0v) is 11.2. The predicted octanol–water partition coefficient (Wildman–Crippen LogP) is 3.95.